The van der Waals surface area contributed by atoms with E-state index in [1.165, 1.54) is 0 Å². The summed E-state index contributed by atoms with van der Waals surface area (Å²) >= 11 is 24.4. The van der Waals surface area contributed by atoms with E-state index < -0.39 is 8.91 Å². The minimum atomic E-state index is -0.919. The van der Waals surface area contributed by atoms with Gasteiger partial charge < -0.3 is 0 Å². The second-order valence-electron chi connectivity index (χ2n) is 5.89. The molecule has 0 unspecified atom stereocenters. The molecule has 0 N–H and O–H groups in total. The van der Waals surface area contributed by atoms with Crippen LogP contribution in [0, 0.1) is 23.7 Å². The van der Waals surface area contributed by atoms with Crippen LogP contribution in [-0.4, -0.2) is 44.9 Å². The van der Waals surface area contributed by atoms with E-state index in [1.807, 2.05) is 47.9 Å². The van der Waals surface area contributed by atoms with Crippen molar-refractivity contribution in [3.05, 3.63) is 35.4 Å². The number of hydrogen-bond acceptors (Lipinski definition) is 2. The van der Waals surface area contributed by atoms with Crippen LogP contribution in [0.5, 0.6) is 0 Å². The number of benzene rings is 1. The standard InChI is InChI=1S/C20H24Cl4N2/c1-5-25(19(3,21)22)15-7-9-17-11-13-18(14-12-17)10-8-16-26(6-2)20(4,23)24/h11-14H,5-6,15-16H2,1-4H3. The van der Waals surface area contributed by atoms with Crippen LogP contribution < -0.4 is 0 Å². The predicted octanol–water partition coefficient (Wildman–Crippen LogP) is 5.34. The summed E-state index contributed by atoms with van der Waals surface area (Å²) in [5.41, 5.74) is 1.84. The highest BCUT2D eigenvalue weighted by atomic mass is 35.5. The van der Waals surface area contributed by atoms with Gasteiger partial charge in [-0.05, 0) is 51.2 Å². The van der Waals surface area contributed by atoms with E-state index >= 15 is 0 Å². The van der Waals surface area contributed by atoms with Gasteiger partial charge in [0.05, 0.1) is 13.1 Å². The van der Waals surface area contributed by atoms with Crippen molar-refractivity contribution < 1.29 is 0 Å². The van der Waals surface area contributed by atoms with Gasteiger partial charge in [0.1, 0.15) is 0 Å². The second-order valence-corrected chi connectivity index (χ2v) is 9.22. The molecule has 0 aromatic heterocycles. The molecule has 0 spiro atoms. The molecule has 2 nitrogen and oxygen atoms in total. The molecule has 0 aliphatic heterocycles. The molecule has 0 heterocycles. The fourth-order valence-corrected chi connectivity index (χ4v) is 2.88. The smallest absolute Gasteiger partial charge is 0.169 e. The maximum Gasteiger partial charge on any atom is 0.169 e. The summed E-state index contributed by atoms with van der Waals surface area (Å²) in [6.07, 6.45) is 0. The minimum absolute atomic E-state index is 0.504. The zero-order valence-electron chi connectivity index (χ0n) is 15.5. The maximum absolute atomic E-state index is 6.10. The molecule has 1 rings (SSSR count). The van der Waals surface area contributed by atoms with Gasteiger partial charge in [-0.15, -0.1) is 0 Å². The van der Waals surface area contributed by atoms with Gasteiger partial charge in [0.2, 0.25) is 0 Å². The zero-order valence-corrected chi connectivity index (χ0v) is 18.6. The molecule has 26 heavy (non-hydrogen) atoms. The third-order valence-electron chi connectivity index (χ3n) is 3.76. The third kappa shape index (κ3) is 8.41. The van der Waals surface area contributed by atoms with Crippen LogP contribution in [0.4, 0.5) is 0 Å². The Hall–Kier alpha value is -0.580. The van der Waals surface area contributed by atoms with Crippen molar-refractivity contribution in [2.24, 2.45) is 0 Å². The first-order chi connectivity index (χ1) is 12.1. The molecular weight excluding hydrogens is 410 g/mol. The Balaban J connectivity index is 2.68. The van der Waals surface area contributed by atoms with E-state index in [-0.39, 0.29) is 0 Å². The molecule has 0 saturated heterocycles. The monoisotopic (exact) mass is 432 g/mol. The lowest BCUT2D eigenvalue weighted by molar-refractivity contribution is 0.280. The van der Waals surface area contributed by atoms with Crippen molar-refractivity contribution in [1.82, 2.24) is 9.80 Å². The lowest BCUT2D eigenvalue weighted by atomic mass is 10.1. The van der Waals surface area contributed by atoms with Crippen molar-refractivity contribution in [2.45, 2.75) is 36.6 Å². The third-order valence-corrected chi connectivity index (χ3v) is 4.72. The first kappa shape index (κ1) is 23.5. The van der Waals surface area contributed by atoms with Crippen molar-refractivity contribution in [3.63, 3.8) is 0 Å². The van der Waals surface area contributed by atoms with Crippen LogP contribution in [0.15, 0.2) is 24.3 Å². The Labute approximate surface area is 177 Å². The fourth-order valence-electron chi connectivity index (χ4n) is 2.17. The molecule has 0 amide bonds. The number of alkyl halides is 4. The molecule has 0 bridgehead atoms. The minimum Gasteiger partial charge on any atom is -0.262 e. The van der Waals surface area contributed by atoms with Crippen molar-refractivity contribution in [1.29, 1.82) is 0 Å². The highest BCUT2D eigenvalue weighted by Gasteiger charge is 2.24. The van der Waals surface area contributed by atoms with Crippen molar-refractivity contribution >= 4 is 46.4 Å². The lowest BCUT2D eigenvalue weighted by Crippen LogP contribution is -2.37. The Morgan fingerprint density at radius 1 is 0.731 bits per heavy atom. The average molecular weight is 434 g/mol. The van der Waals surface area contributed by atoms with Gasteiger partial charge in [0.25, 0.3) is 0 Å². The number of hydrogen-bond donors (Lipinski definition) is 0. The zero-order chi connectivity index (χ0) is 19.8. The average Bonchev–Trinajstić information content (AvgIpc) is 2.54. The van der Waals surface area contributed by atoms with Crippen molar-refractivity contribution in [2.75, 3.05) is 26.2 Å². The Kier molecular flexibility index (Phi) is 9.63. The van der Waals surface area contributed by atoms with Crippen LogP contribution in [0.3, 0.4) is 0 Å². The number of halogens is 4. The van der Waals surface area contributed by atoms with E-state index in [1.54, 1.807) is 13.8 Å². The van der Waals surface area contributed by atoms with Crippen LogP contribution in [0.2, 0.25) is 0 Å². The fraction of sp³-hybridized carbons (Fsp3) is 0.500. The van der Waals surface area contributed by atoms with Gasteiger partial charge in [0, 0.05) is 11.1 Å². The summed E-state index contributed by atoms with van der Waals surface area (Å²) in [5, 5.41) is 0. The van der Waals surface area contributed by atoms with E-state index in [0.717, 1.165) is 24.2 Å². The van der Waals surface area contributed by atoms with Gasteiger partial charge >= 0.3 is 0 Å². The lowest BCUT2D eigenvalue weighted by Gasteiger charge is -2.27. The molecule has 0 fully saturated rings. The normalized spacial score (nSPS) is 11.8. The van der Waals surface area contributed by atoms with E-state index in [2.05, 4.69) is 23.7 Å². The summed E-state index contributed by atoms with van der Waals surface area (Å²) < 4.78 is -1.84. The summed E-state index contributed by atoms with van der Waals surface area (Å²) in [6, 6.07) is 7.77. The quantitative estimate of drug-likeness (QED) is 0.339. The molecule has 0 aliphatic rings. The highest BCUT2D eigenvalue weighted by Crippen LogP contribution is 2.24. The molecular formula is C20H24Cl4N2. The SMILES string of the molecule is CCN(CC#Cc1ccc(C#CCN(CC)C(C)(Cl)Cl)cc1)C(C)(Cl)Cl. The Bertz CT molecular complexity index is 618. The largest absolute Gasteiger partial charge is 0.262 e. The summed E-state index contributed by atoms with van der Waals surface area (Å²) in [6.45, 7) is 9.94. The highest BCUT2D eigenvalue weighted by molar-refractivity contribution is 6.48. The molecule has 1 aromatic carbocycles. The second kappa shape index (κ2) is 10.7. The van der Waals surface area contributed by atoms with Crippen LogP contribution >= 0.6 is 46.4 Å². The summed E-state index contributed by atoms with van der Waals surface area (Å²) in [5.74, 6) is 12.4. The van der Waals surface area contributed by atoms with Crippen molar-refractivity contribution in [3.8, 4) is 23.7 Å². The van der Waals surface area contributed by atoms with Gasteiger partial charge in [-0.2, -0.15) is 0 Å². The molecule has 0 atom stereocenters. The molecule has 0 aliphatic carbocycles. The van der Waals surface area contributed by atoms with E-state index in [4.69, 9.17) is 46.4 Å². The maximum atomic E-state index is 6.10. The predicted molar refractivity (Wildman–Crippen MR) is 115 cm³/mol. The molecule has 0 saturated carbocycles. The summed E-state index contributed by atoms with van der Waals surface area (Å²) in [7, 11) is 0. The molecule has 142 valence electrons. The van der Waals surface area contributed by atoms with Crippen LogP contribution in [0.1, 0.15) is 38.8 Å². The first-order valence-corrected chi connectivity index (χ1v) is 9.92. The molecule has 0 radical (unpaired) electrons. The number of rotatable bonds is 6. The molecule has 6 heteroatoms. The Morgan fingerprint density at radius 3 is 1.27 bits per heavy atom. The van der Waals surface area contributed by atoms with E-state index in [9.17, 15) is 0 Å². The van der Waals surface area contributed by atoms with Crippen LogP contribution in [-0.2, 0) is 0 Å². The first-order valence-electron chi connectivity index (χ1n) is 8.41. The van der Waals surface area contributed by atoms with Gasteiger partial charge in [-0.3, -0.25) is 9.80 Å². The van der Waals surface area contributed by atoms with E-state index in [0.29, 0.717) is 13.1 Å². The van der Waals surface area contributed by atoms with Gasteiger partial charge in [-0.1, -0.05) is 83.9 Å². The summed E-state index contributed by atoms with van der Waals surface area (Å²) in [4.78, 5) is 3.76. The Morgan fingerprint density at radius 2 is 1.04 bits per heavy atom. The van der Waals surface area contributed by atoms with Gasteiger partial charge in [-0.25, -0.2) is 0 Å². The molecule has 1 aromatic rings. The topological polar surface area (TPSA) is 6.48 Å². The van der Waals surface area contributed by atoms with Crippen LogP contribution in [0.25, 0.3) is 0 Å². The van der Waals surface area contributed by atoms with Gasteiger partial charge in [0.15, 0.2) is 8.91 Å². The number of nitrogens with zero attached hydrogens (tertiary/aromatic N) is 2.